The fourth-order valence-corrected chi connectivity index (χ4v) is 4.83. The summed E-state index contributed by atoms with van der Waals surface area (Å²) in [6.07, 6.45) is 5.31. The molecule has 6 nitrogen and oxygen atoms in total. The molecule has 1 aromatic carbocycles. The van der Waals surface area contributed by atoms with Gasteiger partial charge in [0.15, 0.2) is 0 Å². The first kappa shape index (κ1) is 21.4. The normalized spacial score (nSPS) is 14.0. The van der Waals surface area contributed by atoms with Crippen molar-refractivity contribution in [1.82, 2.24) is 15.2 Å². The van der Waals surface area contributed by atoms with Crippen molar-refractivity contribution in [2.24, 2.45) is 0 Å². The van der Waals surface area contributed by atoms with Crippen molar-refractivity contribution >= 4 is 23.1 Å². The smallest absolute Gasteiger partial charge is 0.303 e. The molecule has 0 spiro atoms. The SMILES string of the molecule is O=C(O)CC(Cc1nnc(CCCc2ccc3c(n2)NCCC3)s1)c1ccc(F)cc1. The van der Waals surface area contributed by atoms with Gasteiger partial charge in [0.25, 0.3) is 0 Å². The number of benzene rings is 1. The summed E-state index contributed by atoms with van der Waals surface area (Å²) in [5, 5.41) is 22.9. The molecule has 8 heteroatoms. The van der Waals surface area contributed by atoms with Crippen LogP contribution in [0.15, 0.2) is 36.4 Å². The molecule has 4 rings (SSSR count). The molecule has 2 aromatic heterocycles. The van der Waals surface area contributed by atoms with Gasteiger partial charge < -0.3 is 10.4 Å². The van der Waals surface area contributed by atoms with Crippen molar-refractivity contribution in [3.8, 4) is 0 Å². The highest BCUT2D eigenvalue weighted by molar-refractivity contribution is 7.11. The monoisotopic (exact) mass is 440 g/mol. The third-order valence-corrected chi connectivity index (χ3v) is 6.47. The van der Waals surface area contributed by atoms with Gasteiger partial charge in [0, 0.05) is 31.0 Å². The van der Waals surface area contributed by atoms with Gasteiger partial charge in [-0.3, -0.25) is 4.79 Å². The number of rotatable bonds is 9. The molecule has 2 N–H and O–H groups in total. The summed E-state index contributed by atoms with van der Waals surface area (Å²) in [7, 11) is 0. The number of hydrogen-bond acceptors (Lipinski definition) is 6. The van der Waals surface area contributed by atoms with E-state index < -0.39 is 5.97 Å². The number of anilines is 1. The second-order valence-corrected chi connectivity index (χ2v) is 8.98. The molecular weight excluding hydrogens is 415 g/mol. The fourth-order valence-electron chi connectivity index (χ4n) is 3.87. The number of aryl methyl sites for hydroxylation is 3. The lowest BCUT2D eigenvalue weighted by Crippen LogP contribution is -2.14. The molecule has 1 aliphatic heterocycles. The fraction of sp³-hybridized carbons (Fsp3) is 0.391. The lowest BCUT2D eigenvalue weighted by atomic mass is 9.93. The maximum absolute atomic E-state index is 13.2. The first-order valence-corrected chi connectivity index (χ1v) is 11.4. The van der Waals surface area contributed by atoms with Gasteiger partial charge in [-0.15, -0.1) is 21.5 Å². The van der Waals surface area contributed by atoms with Crippen LogP contribution in [0.5, 0.6) is 0 Å². The van der Waals surface area contributed by atoms with Gasteiger partial charge in [-0.1, -0.05) is 18.2 Å². The third kappa shape index (κ3) is 5.85. The molecule has 0 bridgehead atoms. The van der Waals surface area contributed by atoms with E-state index in [4.69, 9.17) is 4.98 Å². The first-order chi connectivity index (χ1) is 15.1. The van der Waals surface area contributed by atoms with E-state index in [1.54, 1.807) is 12.1 Å². The number of carbonyl (C=O) groups is 1. The molecule has 1 unspecified atom stereocenters. The van der Waals surface area contributed by atoms with Crippen LogP contribution in [0, 0.1) is 5.82 Å². The van der Waals surface area contributed by atoms with Crippen LogP contribution in [0.3, 0.4) is 0 Å². The van der Waals surface area contributed by atoms with Crippen molar-refractivity contribution in [2.75, 3.05) is 11.9 Å². The molecule has 0 saturated heterocycles. The Bertz CT molecular complexity index is 1040. The van der Waals surface area contributed by atoms with Crippen LogP contribution < -0.4 is 5.32 Å². The molecule has 0 radical (unpaired) electrons. The van der Waals surface area contributed by atoms with Crippen molar-refractivity contribution < 1.29 is 14.3 Å². The molecule has 31 heavy (non-hydrogen) atoms. The molecule has 1 aliphatic rings. The van der Waals surface area contributed by atoms with Crippen molar-refractivity contribution in [3.05, 3.63) is 69.1 Å². The molecule has 1 atom stereocenters. The highest BCUT2D eigenvalue weighted by atomic mass is 32.1. The van der Waals surface area contributed by atoms with E-state index >= 15 is 0 Å². The standard InChI is InChI=1S/C23H25FN4O2S/c24-18-9-6-15(7-10-18)17(14-22(29)30)13-21-28-27-20(31-21)5-1-4-19-11-8-16-3-2-12-25-23(16)26-19/h6-11,17H,1-5,12-14H2,(H,25,26)(H,29,30). The highest BCUT2D eigenvalue weighted by Crippen LogP contribution is 2.27. The number of aliphatic carboxylic acids is 1. The zero-order valence-electron chi connectivity index (χ0n) is 17.2. The maximum atomic E-state index is 13.2. The van der Waals surface area contributed by atoms with E-state index in [1.807, 2.05) is 0 Å². The molecule has 162 valence electrons. The molecule has 0 fully saturated rings. The van der Waals surface area contributed by atoms with Crippen LogP contribution >= 0.6 is 11.3 Å². The predicted octanol–water partition coefficient (Wildman–Crippen LogP) is 4.41. The van der Waals surface area contributed by atoms with Crippen LogP contribution in [0.4, 0.5) is 10.2 Å². The third-order valence-electron chi connectivity index (χ3n) is 5.47. The van der Waals surface area contributed by atoms with E-state index in [0.29, 0.717) is 6.42 Å². The summed E-state index contributed by atoms with van der Waals surface area (Å²) in [5.41, 5.74) is 3.17. The second kappa shape index (κ2) is 9.96. The minimum absolute atomic E-state index is 0.0292. The minimum atomic E-state index is -0.883. The summed E-state index contributed by atoms with van der Waals surface area (Å²) >= 11 is 1.52. The van der Waals surface area contributed by atoms with E-state index in [2.05, 4.69) is 27.6 Å². The lowest BCUT2D eigenvalue weighted by molar-refractivity contribution is -0.137. The second-order valence-electron chi connectivity index (χ2n) is 7.83. The largest absolute Gasteiger partial charge is 0.481 e. The van der Waals surface area contributed by atoms with Gasteiger partial charge in [-0.05, 0) is 55.0 Å². The Morgan fingerprint density at radius 1 is 1.13 bits per heavy atom. The molecule has 3 aromatic rings. The number of pyridine rings is 1. The topological polar surface area (TPSA) is 88.0 Å². The van der Waals surface area contributed by atoms with Crippen LogP contribution in [0.2, 0.25) is 0 Å². The molecule has 0 aliphatic carbocycles. The number of halogens is 1. The van der Waals surface area contributed by atoms with Gasteiger partial charge in [0.1, 0.15) is 21.7 Å². The van der Waals surface area contributed by atoms with Gasteiger partial charge >= 0.3 is 5.97 Å². The summed E-state index contributed by atoms with van der Waals surface area (Å²) in [6.45, 7) is 0.984. The minimum Gasteiger partial charge on any atom is -0.481 e. The first-order valence-electron chi connectivity index (χ1n) is 10.6. The van der Waals surface area contributed by atoms with E-state index in [-0.39, 0.29) is 18.2 Å². The average molecular weight is 441 g/mol. The number of hydrogen-bond donors (Lipinski definition) is 2. The van der Waals surface area contributed by atoms with Crippen molar-refractivity contribution in [1.29, 1.82) is 0 Å². The van der Waals surface area contributed by atoms with Crippen LogP contribution in [-0.2, 0) is 30.5 Å². The molecule has 3 heterocycles. The Hall–Kier alpha value is -2.87. The highest BCUT2D eigenvalue weighted by Gasteiger charge is 2.19. The molecule has 0 saturated carbocycles. The number of carboxylic acids is 1. The summed E-state index contributed by atoms with van der Waals surface area (Å²) in [6, 6.07) is 10.3. The van der Waals surface area contributed by atoms with Gasteiger partial charge in [0.2, 0.25) is 0 Å². The van der Waals surface area contributed by atoms with E-state index in [9.17, 15) is 14.3 Å². The number of nitrogens with one attached hydrogen (secondary N) is 1. The lowest BCUT2D eigenvalue weighted by Gasteiger charge is -2.17. The Labute approximate surface area is 184 Å². The van der Waals surface area contributed by atoms with Gasteiger partial charge in [-0.25, -0.2) is 9.37 Å². The number of fused-ring (bicyclic) bond motifs is 1. The van der Waals surface area contributed by atoms with Crippen LogP contribution in [0.1, 0.15) is 52.0 Å². The molecular formula is C23H25FN4O2S. The molecule has 0 amide bonds. The van der Waals surface area contributed by atoms with Crippen molar-refractivity contribution in [3.63, 3.8) is 0 Å². The summed E-state index contributed by atoms with van der Waals surface area (Å²) < 4.78 is 13.2. The van der Waals surface area contributed by atoms with E-state index in [0.717, 1.165) is 65.7 Å². The Balaban J connectivity index is 1.33. The zero-order chi connectivity index (χ0) is 21.6. The van der Waals surface area contributed by atoms with Crippen molar-refractivity contribution in [2.45, 2.75) is 50.9 Å². The maximum Gasteiger partial charge on any atom is 0.303 e. The van der Waals surface area contributed by atoms with Crippen LogP contribution in [0.25, 0.3) is 0 Å². The predicted molar refractivity (Wildman–Crippen MR) is 118 cm³/mol. The summed E-state index contributed by atoms with van der Waals surface area (Å²) in [5.74, 6) is -0.454. The quantitative estimate of drug-likeness (QED) is 0.513. The number of nitrogens with zero attached hydrogens (tertiary/aromatic N) is 3. The Morgan fingerprint density at radius 3 is 2.74 bits per heavy atom. The average Bonchev–Trinajstić information content (AvgIpc) is 3.20. The van der Waals surface area contributed by atoms with Gasteiger partial charge in [0.05, 0.1) is 6.42 Å². The van der Waals surface area contributed by atoms with Crippen LogP contribution in [-0.4, -0.2) is 32.8 Å². The van der Waals surface area contributed by atoms with E-state index in [1.165, 1.54) is 29.0 Å². The van der Waals surface area contributed by atoms with Gasteiger partial charge in [-0.2, -0.15) is 0 Å². The zero-order valence-corrected chi connectivity index (χ0v) is 18.0. The Morgan fingerprint density at radius 2 is 1.94 bits per heavy atom. The Kier molecular flexibility index (Phi) is 6.86. The number of aromatic nitrogens is 3. The summed E-state index contributed by atoms with van der Waals surface area (Å²) in [4.78, 5) is 16.0. The number of carboxylic acid groups (broad SMARTS) is 1.